The van der Waals surface area contributed by atoms with Crippen LogP contribution in [0.15, 0.2) is 127 Å². The first-order valence-corrected chi connectivity index (χ1v) is 26.5. The number of rotatable bonds is 1. The van der Waals surface area contributed by atoms with Crippen molar-refractivity contribution in [1.29, 1.82) is 0 Å². The largest absolute Gasteiger partial charge is 0.331 e. The molecule has 0 spiro atoms. The zero-order chi connectivity index (χ0) is 48.6. The van der Waals surface area contributed by atoms with Crippen LogP contribution in [0.25, 0.3) is 27.5 Å². The molecular formula is C66H68BN3. The van der Waals surface area contributed by atoms with E-state index in [1.54, 1.807) is 0 Å². The summed E-state index contributed by atoms with van der Waals surface area (Å²) in [6.07, 6.45) is 4.36. The zero-order valence-electron chi connectivity index (χ0n) is 43.9. The first-order chi connectivity index (χ1) is 33.1. The van der Waals surface area contributed by atoms with Crippen LogP contribution < -0.4 is 26.2 Å². The van der Waals surface area contributed by atoms with Crippen molar-refractivity contribution in [3.05, 3.63) is 177 Å². The van der Waals surface area contributed by atoms with Gasteiger partial charge in [0.15, 0.2) is 0 Å². The van der Waals surface area contributed by atoms with Crippen molar-refractivity contribution < 1.29 is 0 Å². The number of para-hydroxylation sites is 1. The topological polar surface area (TPSA) is 11.4 Å². The Morgan fingerprint density at radius 3 is 1.63 bits per heavy atom. The van der Waals surface area contributed by atoms with Crippen molar-refractivity contribution in [2.75, 3.05) is 9.80 Å². The van der Waals surface area contributed by atoms with Gasteiger partial charge in [0, 0.05) is 55.6 Å². The maximum absolute atomic E-state index is 2.93. The van der Waals surface area contributed by atoms with E-state index in [9.17, 15) is 0 Å². The van der Waals surface area contributed by atoms with Gasteiger partial charge in [-0.15, -0.1) is 0 Å². The second kappa shape index (κ2) is 13.1. The van der Waals surface area contributed by atoms with E-state index in [1.807, 2.05) is 0 Å². The number of aromatic nitrogens is 1. The summed E-state index contributed by atoms with van der Waals surface area (Å²) in [6, 6.07) is 51.6. The number of nitrogens with zero attached hydrogens (tertiary/aromatic N) is 3. The SMILES string of the molecule is CC(C)(C)c1cc2c3c(c1)C1(C)CCc4ccccc4C1(C)N3c1cc(N3c4ccccc4C4(C)CCc5ccccc5C34C)cc3c1B2c1cc(C(C)(C)C)cc2c4cc(C(C)(C)C)ccc4n-3c12. The summed E-state index contributed by atoms with van der Waals surface area (Å²) in [5.74, 6) is 0. The molecule has 1 aromatic heterocycles. The Bertz CT molecular complexity index is 3660. The van der Waals surface area contributed by atoms with E-state index in [-0.39, 0.29) is 44.9 Å². The molecule has 0 bridgehead atoms. The highest BCUT2D eigenvalue weighted by Gasteiger charge is 2.64. The van der Waals surface area contributed by atoms with Crippen molar-refractivity contribution in [3.8, 4) is 5.69 Å². The summed E-state index contributed by atoms with van der Waals surface area (Å²) in [5.41, 5.74) is 25.9. The number of hydrogen-bond donors (Lipinski definition) is 0. The van der Waals surface area contributed by atoms with Crippen molar-refractivity contribution in [2.24, 2.45) is 0 Å². The standard InChI is InChI=1S/C66H68BN3/c1-60(2,3)41-26-27-53-45(32-41)46-33-42(61(4,5)6)35-51-58(46)68(53)55-37-44(69-54-25-19-18-24-49(54)63(10)30-28-39-20-14-16-22-47(39)65(63,69)12)38-56-57(55)67(51)52-36-43(62(7,8)9)34-50-59(52)70(56)66(13)48-23-17-15-21-40(48)29-31-64(50,66)11/h14-27,32-38H,28-31H2,1-13H3. The minimum atomic E-state index is -0.352. The molecule has 0 saturated carbocycles. The van der Waals surface area contributed by atoms with Gasteiger partial charge in [0.05, 0.1) is 16.6 Å². The molecule has 8 aromatic rings. The highest BCUT2D eigenvalue weighted by molar-refractivity contribution is 7.00. The van der Waals surface area contributed by atoms with Gasteiger partial charge in [-0.3, -0.25) is 0 Å². The normalized spacial score (nSPS) is 24.6. The molecule has 0 amide bonds. The molecule has 4 aliphatic heterocycles. The van der Waals surface area contributed by atoms with Crippen molar-refractivity contribution in [2.45, 2.75) is 154 Å². The average molecular weight is 914 g/mol. The lowest BCUT2D eigenvalue weighted by Crippen LogP contribution is -2.63. The molecule has 0 saturated heterocycles. The molecule has 0 radical (unpaired) electrons. The van der Waals surface area contributed by atoms with E-state index in [2.05, 4.69) is 232 Å². The number of aryl methyl sites for hydroxylation is 2. The summed E-state index contributed by atoms with van der Waals surface area (Å²) in [6.45, 7) is 32.0. The maximum Gasteiger partial charge on any atom is 0.252 e. The maximum atomic E-state index is 2.93. The first-order valence-electron chi connectivity index (χ1n) is 26.5. The van der Waals surface area contributed by atoms with Gasteiger partial charge >= 0.3 is 0 Å². The molecule has 350 valence electrons. The number of anilines is 4. The van der Waals surface area contributed by atoms with Crippen LogP contribution in [0.2, 0.25) is 0 Å². The lowest BCUT2D eigenvalue weighted by atomic mass is 9.33. The van der Waals surface area contributed by atoms with Crippen molar-refractivity contribution in [1.82, 2.24) is 4.57 Å². The Kier molecular flexibility index (Phi) is 8.02. The van der Waals surface area contributed by atoms with Crippen LogP contribution in [0.4, 0.5) is 22.7 Å². The summed E-state index contributed by atoms with van der Waals surface area (Å²) in [7, 11) is 0. The molecule has 5 heterocycles. The van der Waals surface area contributed by atoms with Gasteiger partial charge in [-0.1, -0.05) is 167 Å². The van der Waals surface area contributed by atoms with Gasteiger partial charge in [-0.05, 0) is 159 Å². The molecule has 4 unspecified atom stereocenters. The quantitative estimate of drug-likeness (QED) is 0.152. The molecule has 0 fully saturated rings. The Morgan fingerprint density at radius 2 is 0.986 bits per heavy atom. The van der Waals surface area contributed by atoms with E-state index in [0.29, 0.717) is 0 Å². The average Bonchev–Trinajstić information content (AvgIpc) is 3.85. The summed E-state index contributed by atoms with van der Waals surface area (Å²) in [4.78, 5) is 5.74. The van der Waals surface area contributed by atoms with E-state index in [1.165, 1.54) is 117 Å². The van der Waals surface area contributed by atoms with Crippen molar-refractivity contribution in [3.63, 3.8) is 0 Å². The summed E-state index contributed by atoms with van der Waals surface area (Å²) in [5, 5.41) is 2.73. The predicted molar refractivity (Wildman–Crippen MR) is 298 cm³/mol. The zero-order valence-corrected chi connectivity index (χ0v) is 43.9. The van der Waals surface area contributed by atoms with Crippen LogP contribution in [0.5, 0.6) is 0 Å². The van der Waals surface area contributed by atoms with Gasteiger partial charge in [0.2, 0.25) is 0 Å². The third kappa shape index (κ3) is 4.95. The molecule has 4 heteroatoms. The van der Waals surface area contributed by atoms with Gasteiger partial charge < -0.3 is 14.4 Å². The number of benzene rings is 7. The Hall–Kier alpha value is -6.00. The smallest absolute Gasteiger partial charge is 0.252 e. The second-order valence-electron chi connectivity index (χ2n) is 26.4. The molecule has 6 aliphatic rings. The molecule has 70 heavy (non-hydrogen) atoms. The Morgan fingerprint density at radius 1 is 0.457 bits per heavy atom. The Balaban J connectivity index is 1.19. The number of hydrogen-bond acceptors (Lipinski definition) is 2. The van der Waals surface area contributed by atoms with Gasteiger partial charge in [-0.2, -0.15) is 0 Å². The molecule has 14 rings (SSSR count). The Labute approximate surface area is 417 Å². The minimum absolute atomic E-state index is 0.00701. The molecule has 7 aromatic carbocycles. The molecule has 2 aliphatic carbocycles. The van der Waals surface area contributed by atoms with E-state index in [4.69, 9.17) is 0 Å². The molecule has 4 atom stereocenters. The lowest BCUT2D eigenvalue weighted by Gasteiger charge is -2.54. The third-order valence-electron chi connectivity index (χ3n) is 19.9. The number of fused-ring (bicyclic) bond motifs is 17. The van der Waals surface area contributed by atoms with Crippen LogP contribution in [0.1, 0.15) is 153 Å². The highest BCUT2D eigenvalue weighted by Crippen LogP contribution is 2.67. The summed E-state index contributed by atoms with van der Waals surface area (Å²) < 4.78 is 2.74. The van der Waals surface area contributed by atoms with E-state index >= 15 is 0 Å². The fourth-order valence-electron chi connectivity index (χ4n) is 15.6. The second-order valence-corrected chi connectivity index (χ2v) is 26.4. The first kappa shape index (κ1) is 42.8. The monoisotopic (exact) mass is 914 g/mol. The highest BCUT2D eigenvalue weighted by atomic mass is 15.3. The van der Waals surface area contributed by atoms with Crippen molar-refractivity contribution >= 4 is 67.7 Å². The van der Waals surface area contributed by atoms with Crippen LogP contribution in [-0.4, -0.2) is 11.3 Å². The van der Waals surface area contributed by atoms with Gasteiger partial charge in [0.1, 0.15) is 0 Å². The molecule has 0 N–H and O–H groups in total. The summed E-state index contributed by atoms with van der Waals surface area (Å²) >= 11 is 0. The van der Waals surface area contributed by atoms with E-state index < -0.39 is 0 Å². The molecule has 3 nitrogen and oxygen atoms in total. The van der Waals surface area contributed by atoms with Crippen LogP contribution >= 0.6 is 0 Å². The van der Waals surface area contributed by atoms with Crippen LogP contribution in [-0.2, 0) is 51.0 Å². The predicted octanol–water partition coefficient (Wildman–Crippen LogP) is 14.4. The lowest BCUT2D eigenvalue weighted by molar-refractivity contribution is 0.244. The van der Waals surface area contributed by atoms with Gasteiger partial charge in [0.25, 0.3) is 6.71 Å². The molecular weight excluding hydrogens is 846 g/mol. The third-order valence-corrected chi connectivity index (χ3v) is 19.9. The van der Waals surface area contributed by atoms with Gasteiger partial charge in [-0.25, -0.2) is 0 Å². The minimum Gasteiger partial charge on any atom is -0.331 e. The van der Waals surface area contributed by atoms with Crippen LogP contribution in [0, 0.1) is 0 Å². The fourth-order valence-corrected chi connectivity index (χ4v) is 15.6. The van der Waals surface area contributed by atoms with E-state index in [0.717, 1.165) is 25.7 Å². The van der Waals surface area contributed by atoms with Crippen LogP contribution in [0.3, 0.4) is 0 Å². The fraction of sp³-hybridized carbons (Fsp3) is 0.364.